The molecule has 0 fully saturated rings. The third-order valence-electron chi connectivity index (χ3n) is 3.53. The van der Waals surface area contributed by atoms with Gasteiger partial charge in [-0.3, -0.25) is 0 Å². The van der Waals surface area contributed by atoms with E-state index in [2.05, 4.69) is 52.2 Å². The van der Waals surface area contributed by atoms with Gasteiger partial charge in [0.15, 0.2) is 11.5 Å². The van der Waals surface area contributed by atoms with Crippen molar-refractivity contribution in [2.75, 3.05) is 20.3 Å². The van der Waals surface area contributed by atoms with E-state index < -0.39 is 18.0 Å². The quantitative estimate of drug-likeness (QED) is 0.393. The van der Waals surface area contributed by atoms with Crippen molar-refractivity contribution in [2.24, 2.45) is 0 Å². The molecule has 0 aliphatic heterocycles. The summed E-state index contributed by atoms with van der Waals surface area (Å²) in [5.74, 6) is -2.32. The predicted octanol–water partition coefficient (Wildman–Crippen LogP) is 1.87. The Hall–Kier alpha value is -2.36. The maximum atomic E-state index is 10.0. The van der Waals surface area contributed by atoms with E-state index in [0.29, 0.717) is 18.0 Å². The van der Waals surface area contributed by atoms with Crippen LogP contribution >= 0.6 is 0 Å². The lowest BCUT2D eigenvalue weighted by Gasteiger charge is -2.23. The Balaban J connectivity index is 0.00000122. The number of methoxy groups -OCH3 is 1. The lowest BCUT2D eigenvalue weighted by molar-refractivity contribution is -0.159. The van der Waals surface area contributed by atoms with Crippen molar-refractivity contribution in [3.8, 4) is 11.5 Å². The minimum absolute atomic E-state index is 0.0274. The van der Waals surface area contributed by atoms with Crippen LogP contribution in [0, 0.1) is 0 Å². The summed E-state index contributed by atoms with van der Waals surface area (Å²) in [6, 6.07) is 5.87. The summed E-state index contributed by atoms with van der Waals surface area (Å²) in [5.41, 5.74) is 1.16. The summed E-state index contributed by atoms with van der Waals surface area (Å²) >= 11 is 0. The molecule has 0 heterocycles. The molecule has 0 spiro atoms. The van der Waals surface area contributed by atoms with Crippen LogP contribution in [0.25, 0.3) is 0 Å². The molecule has 0 saturated heterocycles. The van der Waals surface area contributed by atoms with Gasteiger partial charge in [-0.2, -0.15) is 0 Å². The number of nitrogens with one attached hydrogen (secondary N) is 2. The van der Waals surface area contributed by atoms with Crippen LogP contribution in [0.1, 0.15) is 47.1 Å². The van der Waals surface area contributed by atoms with E-state index in [1.165, 1.54) is 0 Å². The molecule has 0 aliphatic carbocycles. The molecule has 1 atom stereocenters. The van der Waals surface area contributed by atoms with Gasteiger partial charge in [0.05, 0.1) is 7.11 Å². The molecule has 30 heavy (non-hydrogen) atoms. The molecule has 0 saturated carbocycles. The zero-order valence-electron chi connectivity index (χ0n) is 18.9. The molecule has 0 aromatic heterocycles. The molecule has 0 bridgehead atoms. The molecule has 1 unspecified atom stereocenters. The largest absolute Gasteiger partial charge is 0.493 e. The van der Waals surface area contributed by atoms with Crippen molar-refractivity contribution < 1.29 is 34.4 Å². The predicted molar refractivity (Wildman–Crippen MR) is 114 cm³/mol. The third kappa shape index (κ3) is 13.8. The molecular formula is C21H36N2O7. The SMILES string of the molecule is COc1cc(CNC(C)(C)C)ccc1OCC(O)CNC(C)(C)C.O=C(O)C(=O)O. The fourth-order valence-electron chi connectivity index (χ4n) is 1.98. The highest BCUT2D eigenvalue weighted by Gasteiger charge is 2.14. The van der Waals surface area contributed by atoms with Gasteiger partial charge in [0, 0.05) is 24.2 Å². The maximum Gasteiger partial charge on any atom is 0.414 e. The Bertz CT molecular complexity index is 667. The summed E-state index contributed by atoms with van der Waals surface area (Å²) < 4.78 is 11.1. The lowest BCUT2D eigenvalue weighted by Crippen LogP contribution is -2.42. The van der Waals surface area contributed by atoms with E-state index in [4.69, 9.17) is 29.3 Å². The van der Waals surface area contributed by atoms with Crippen LogP contribution in [0.2, 0.25) is 0 Å². The van der Waals surface area contributed by atoms with Crippen molar-refractivity contribution in [1.82, 2.24) is 10.6 Å². The number of ether oxygens (including phenoxy) is 2. The van der Waals surface area contributed by atoms with Crippen LogP contribution < -0.4 is 20.1 Å². The minimum Gasteiger partial charge on any atom is -0.493 e. The highest BCUT2D eigenvalue weighted by molar-refractivity contribution is 6.27. The van der Waals surface area contributed by atoms with E-state index in [9.17, 15) is 5.11 Å². The Labute approximate surface area is 178 Å². The van der Waals surface area contributed by atoms with Gasteiger partial charge < -0.3 is 35.4 Å². The van der Waals surface area contributed by atoms with Crippen LogP contribution in [0.4, 0.5) is 0 Å². The number of carboxylic acids is 2. The Morgan fingerprint density at radius 2 is 1.50 bits per heavy atom. The van der Waals surface area contributed by atoms with E-state index >= 15 is 0 Å². The number of aliphatic hydroxyl groups is 1. The van der Waals surface area contributed by atoms with Crippen molar-refractivity contribution >= 4 is 11.9 Å². The van der Waals surface area contributed by atoms with Gasteiger partial charge in [0.25, 0.3) is 0 Å². The summed E-state index contributed by atoms with van der Waals surface area (Å²) in [4.78, 5) is 18.2. The molecular weight excluding hydrogens is 392 g/mol. The second-order valence-corrected chi connectivity index (χ2v) is 8.79. The molecule has 9 nitrogen and oxygen atoms in total. The summed E-state index contributed by atoms with van der Waals surface area (Å²) in [6.45, 7) is 14.1. The van der Waals surface area contributed by atoms with Gasteiger partial charge in [0.1, 0.15) is 12.7 Å². The Morgan fingerprint density at radius 1 is 0.967 bits per heavy atom. The highest BCUT2D eigenvalue weighted by atomic mass is 16.5. The number of aliphatic hydroxyl groups excluding tert-OH is 1. The number of β-amino-alcohol motifs (C(OH)–C–C–N with tert-alkyl or cyclic N) is 1. The Morgan fingerprint density at radius 3 is 1.93 bits per heavy atom. The highest BCUT2D eigenvalue weighted by Crippen LogP contribution is 2.28. The van der Waals surface area contributed by atoms with E-state index in [0.717, 1.165) is 12.1 Å². The van der Waals surface area contributed by atoms with Gasteiger partial charge in [0.2, 0.25) is 0 Å². The van der Waals surface area contributed by atoms with Gasteiger partial charge in [-0.1, -0.05) is 6.07 Å². The van der Waals surface area contributed by atoms with Crippen LogP contribution in [-0.4, -0.2) is 64.7 Å². The maximum absolute atomic E-state index is 10.0. The molecule has 1 aromatic carbocycles. The molecule has 172 valence electrons. The number of hydrogen-bond donors (Lipinski definition) is 5. The molecule has 0 amide bonds. The van der Waals surface area contributed by atoms with Crippen LogP contribution in [0.15, 0.2) is 18.2 Å². The van der Waals surface area contributed by atoms with Crippen LogP contribution in [-0.2, 0) is 16.1 Å². The number of carboxylic acid groups (broad SMARTS) is 2. The van der Waals surface area contributed by atoms with Gasteiger partial charge in [-0.15, -0.1) is 0 Å². The summed E-state index contributed by atoms with van der Waals surface area (Å²) in [6.07, 6.45) is -0.573. The second kappa shape index (κ2) is 12.4. The van der Waals surface area contributed by atoms with Gasteiger partial charge >= 0.3 is 11.9 Å². The molecule has 1 rings (SSSR count). The van der Waals surface area contributed by atoms with Crippen molar-refractivity contribution in [3.05, 3.63) is 23.8 Å². The minimum atomic E-state index is -1.82. The monoisotopic (exact) mass is 428 g/mol. The van der Waals surface area contributed by atoms with E-state index in [1.807, 2.05) is 18.2 Å². The fourth-order valence-corrected chi connectivity index (χ4v) is 1.98. The molecule has 0 radical (unpaired) electrons. The molecule has 5 N–H and O–H groups in total. The number of rotatable bonds is 8. The number of benzene rings is 1. The zero-order valence-corrected chi connectivity index (χ0v) is 18.9. The van der Waals surface area contributed by atoms with E-state index in [1.54, 1.807) is 7.11 Å². The number of carbonyl (C=O) groups is 2. The van der Waals surface area contributed by atoms with Crippen LogP contribution in [0.5, 0.6) is 11.5 Å². The standard InChI is InChI=1S/C19H34N2O3.C2H2O4/c1-18(2,3)20-11-14-8-9-16(17(10-14)23-7)24-13-15(22)12-21-19(4,5)6;3-1(4)2(5)6/h8-10,15,20-22H,11-13H2,1-7H3;(H,3,4)(H,5,6). The van der Waals surface area contributed by atoms with Gasteiger partial charge in [-0.05, 0) is 59.2 Å². The topological polar surface area (TPSA) is 137 Å². The second-order valence-electron chi connectivity index (χ2n) is 8.79. The van der Waals surface area contributed by atoms with Crippen molar-refractivity contribution in [2.45, 2.75) is 65.3 Å². The van der Waals surface area contributed by atoms with Crippen LogP contribution in [0.3, 0.4) is 0 Å². The third-order valence-corrected chi connectivity index (χ3v) is 3.53. The summed E-state index contributed by atoms with van der Waals surface area (Å²) in [7, 11) is 1.63. The van der Waals surface area contributed by atoms with Gasteiger partial charge in [-0.25, -0.2) is 9.59 Å². The van der Waals surface area contributed by atoms with Crippen molar-refractivity contribution in [1.29, 1.82) is 0 Å². The number of hydrogen-bond acceptors (Lipinski definition) is 7. The first-order valence-electron chi connectivity index (χ1n) is 9.58. The van der Waals surface area contributed by atoms with E-state index in [-0.39, 0.29) is 17.7 Å². The summed E-state index contributed by atoms with van der Waals surface area (Å²) in [5, 5.41) is 31.5. The molecule has 1 aromatic rings. The van der Waals surface area contributed by atoms with Crippen molar-refractivity contribution in [3.63, 3.8) is 0 Å². The first kappa shape index (κ1) is 27.6. The molecule has 9 heteroatoms. The normalized spacial score (nSPS) is 12.4. The lowest BCUT2D eigenvalue weighted by atomic mass is 10.1. The fraction of sp³-hybridized carbons (Fsp3) is 0.619. The zero-order chi connectivity index (χ0) is 23.5. The average molecular weight is 429 g/mol. The smallest absolute Gasteiger partial charge is 0.414 e. The Kier molecular flexibility index (Phi) is 11.4. The first-order chi connectivity index (χ1) is 13.6. The molecule has 0 aliphatic rings. The first-order valence-corrected chi connectivity index (χ1v) is 9.58. The number of aliphatic carboxylic acids is 2. The average Bonchev–Trinajstić information content (AvgIpc) is 2.62.